The SMILES string of the molecule is O=C(c1ccc(Cl)cc1)[C@@H]1CCCN(C(=O)CCn2cnc3ccccc3c2=O)C1. The average Bonchev–Trinajstić information content (AvgIpc) is 2.79. The van der Waals surface area contributed by atoms with Crippen LogP contribution in [0.4, 0.5) is 0 Å². The topological polar surface area (TPSA) is 72.3 Å². The number of carbonyl (C=O) groups is 2. The summed E-state index contributed by atoms with van der Waals surface area (Å²) in [4.78, 5) is 44.2. The number of hydrogen-bond donors (Lipinski definition) is 0. The maximum absolute atomic E-state index is 12.8. The van der Waals surface area contributed by atoms with Crippen LogP contribution in [0.25, 0.3) is 10.9 Å². The van der Waals surface area contributed by atoms with E-state index in [0.29, 0.717) is 34.6 Å². The van der Waals surface area contributed by atoms with Gasteiger partial charge < -0.3 is 4.90 Å². The van der Waals surface area contributed by atoms with Crippen LogP contribution >= 0.6 is 11.6 Å². The van der Waals surface area contributed by atoms with E-state index in [4.69, 9.17) is 11.6 Å². The maximum atomic E-state index is 12.8. The number of para-hydroxylation sites is 1. The molecule has 0 unspecified atom stereocenters. The second-order valence-corrected chi connectivity index (χ2v) is 8.00. The van der Waals surface area contributed by atoms with E-state index >= 15 is 0 Å². The van der Waals surface area contributed by atoms with Gasteiger partial charge >= 0.3 is 0 Å². The number of rotatable bonds is 5. The van der Waals surface area contributed by atoms with Gasteiger partial charge in [0.1, 0.15) is 0 Å². The number of benzene rings is 2. The molecule has 1 saturated heterocycles. The zero-order valence-corrected chi connectivity index (χ0v) is 17.2. The van der Waals surface area contributed by atoms with Crippen molar-refractivity contribution in [1.29, 1.82) is 0 Å². The minimum absolute atomic E-state index is 0.0408. The Morgan fingerprint density at radius 2 is 1.87 bits per heavy atom. The highest BCUT2D eigenvalue weighted by molar-refractivity contribution is 6.30. The fraction of sp³-hybridized carbons (Fsp3) is 0.304. The average molecular weight is 424 g/mol. The first-order chi connectivity index (χ1) is 14.5. The van der Waals surface area contributed by atoms with Gasteiger partial charge in [0, 0.05) is 42.6 Å². The molecule has 0 bridgehead atoms. The fourth-order valence-electron chi connectivity index (χ4n) is 3.91. The number of carbonyl (C=O) groups excluding carboxylic acids is 2. The second kappa shape index (κ2) is 8.79. The van der Waals surface area contributed by atoms with Crippen LogP contribution in [0.1, 0.15) is 29.6 Å². The monoisotopic (exact) mass is 423 g/mol. The van der Waals surface area contributed by atoms with Crippen LogP contribution < -0.4 is 5.56 Å². The lowest BCUT2D eigenvalue weighted by molar-refractivity contribution is -0.132. The zero-order valence-electron chi connectivity index (χ0n) is 16.5. The highest BCUT2D eigenvalue weighted by Gasteiger charge is 2.28. The second-order valence-electron chi connectivity index (χ2n) is 7.56. The van der Waals surface area contributed by atoms with E-state index in [1.54, 1.807) is 47.4 Å². The van der Waals surface area contributed by atoms with Crippen LogP contribution in [0.5, 0.6) is 0 Å². The van der Waals surface area contributed by atoms with Gasteiger partial charge in [0.15, 0.2) is 5.78 Å². The number of aromatic nitrogens is 2. The number of nitrogens with zero attached hydrogens (tertiary/aromatic N) is 3. The summed E-state index contributed by atoms with van der Waals surface area (Å²) in [5.41, 5.74) is 1.11. The first-order valence-electron chi connectivity index (χ1n) is 10.0. The van der Waals surface area contributed by atoms with Gasteiger partial charge in [0.25, 0.3) is 5.56 Å². The Morgan fingerprint density at radius 3 is 2.67 bits per heavy atom. The molecule has 0 spiro atoms. The lowest BCUT2D eigenvalue weighted by Gasteiger charge is -2.32. The number of ketones is 1. The fourth-order valence-corrected chi connectivity index (χ4v) is 4.03. The van der Waals surface area contributed by atoms with Crippen LogP contribution in [0.2, 0.25) is 5.02 Å². The normalized spacial score (nSPS) is 16.6. The van der Waals surface area contributed by atoms with Gasteiger partial charge in [-0.2, -0.15) is 0 Å². The minimum Gasteiger partial charge on any atom is -0.342 e. The highest BCUT2D eigenvalue weighted by Crippen LogP contribution is 2.22. The predicted molar refractivity (Wildman–Crippen MR) is 116 cm³/mol. The molecule has 2 heterocycles. The Bertz CT molecular complexity index is 1140. The Hall–Kier alpha value is -2.99. The van der Waals surface area contributed by atoms with E-state index in [0.717, 1.165) is 12.8 Å². The van der Waals surface area contributed by atoms with Crippen molar-refractivity contribution in [3.63, 3.8) is 0 Å². The van der Waals surface area contributed by atoms with Crippen molar-refractivity contribution in [2.75, 3.05) is 13.1 Å². The molecule has 0 saturated carbocycles. The molecule has 7 heteroatoms. The molecule has 3 aromatic rings. The van der Waals surface area contributed by atoms with Crippen LogP contribution in [0.15, 0.2) is 59.7 Å². The quantitative estimate of drug-likeness (QED) is 0.588. The smallest absolute Gasteiger partial charge is 0.261 e. The summed E-state index contributed by atoms with van der Waals surface area (Å²) in [6.07, 6.45) is 3.23. The zero-order chi connectivity index (χ0) is 21.1. The van der Waals surface area contributed by atoms with Crippen LogP contribution in [0, 0.1) is 5.92 Å². The third-order valence-electron chi connectivity index (χ3n) is 5.57. The Balaban J connectivity index is 1.40. The number of hydrogen-bond acceptors (Lipinski definition) is 4. The van der Waals surface area contributed by atoms with Gasteiger partial charge in [0.05, 0.1) is 17.2 Å². The van der Waals surface area contributed by atoms with Crippen LogP contribution in [-0.2, 0) is 11.3 Å². The first-order valence-corrected chi connectivity index (χ1v) is 10.4. The van der Waals surface area contributed by atoms with Crippen molar-refractivity contribution in [3.05, 3.63) is 75.8 Å². The number of amides is 1. The van der Waals surface area contributed by atoms with Crippen molar-refractivity contribution < 1.29 is 9.59 Å². The molecule has 0 N–H and O–H groups in total. The molecule has 30 heavy (non-hydrogen) atoms. The number of likely N-dealkylation sites (tertiary alicyclic amines) is 1. The molecule has 1 amide bonds. The van der Waals surface area contributed by atoms with Crippen molar-refractivity contribution in [2.45, 2.75) is 25.8 Å². The van der Waals surface area contributed by atoms with Gasteiger partial charge in [-0.15, -0.1) is 0 Å². The number of piperidine rings is 1. The Kier molecular flexibility index (Phi) is 5.95. The molecule has 154 valence electrons. The number of fused-ring (bicyclic) bond motifs is 1. The van der Waals surface area contributed by atoms with Crippen molar-refractivity contribution in [3.8, 4) is 0 Å². The molecule has 1 aliphatic heterocycles. The summed E-state index contributed by atoms with van der Waals surface area (Å²) >= 11 is 5.90. The molecule has 1 aliphatic rings. The molecule has 1 aromatic heterocycles. The molecule has 1 fully saturated rings. The lowest BCUT2D eigenvalue weighted by atomic mass is 9.90. The van der Waals surface area contributed by atoms with E-state index in [2.05, 4.69) is 4.98 Å². The number of aryl methyl sites for hydroxylation is 1. The molecule has 2 aromatic carbocycles. The largest absolute Gasteiger partial charge is 0.342 e. The Morgan fingerprint density at radius 1 is 1.10 bits per heavy atom. The number of Topliss-reactive ketones (excluding diaryl/α,β-unsaturated/α-hetero) is 1. The summed E-state index contributed by atoms with van der Waals surface area (Å²) in [5, 5.41) is 1.13. The maximum Gasteiger partial charge on any atom is 0.261 e. The van der Waals surface area contributed by atoms with Crippen LogP contribution in [-0.4, -0.2) is 39.2 Å². The van der Waals surface area contributed by atoms with E-state index in [1.807, 2.05) is 6.07 Å². The third kappa shape index (κ3) is 4.28. The van der Waals surface area contributed by atoms with Crippen LogP contribution in [0.3, 0.4) is 0 Å². The lowest BCUT2D eigenvalue weighted by Crippen LogP contribution is -2.42. The highest BCUT2D eigenvalue weighted by atomic mass is 35.5. The Labute approximate surface area is 179 Å². The summed E-state index contributed by atoms with van der Waals surface area (Å²) in [6.45, 7) is 1.31. The molecular weight excluding hydrogens is 402 g/mol. The minimum atomic E-state index is -0.214. The van der Waals surface area contributed by atoms with Gasteiger partial charge in [-0.1, -0.05) is 23.7 Å². The summed E-state index contributed by atoms with van der Waals surface area (Å²) in [5.74, 6) is -0.225. The number of halogens is 1. The van der Waals surface area contributed by atoms with E-state index in [9.17, 15) is 14.4 Å². The van der Waals surface area contributed by atoms with Gasteiger partial charge in [-0.05, 0) is 49.2 Å². The van der Waals surface area contributed by atoms with Crippen molar-refractivity contribution >= 4 is 34.2 Å². The van der Waals surface area contributed by atoms with Gasteiger partial charge in [0.2, 0.25) is 5.91 Å². The first kappa shape index (κ1) is 20.3. The summed E-state index contributed by atoms with van der Waals surface area (Å²) in [6, 6.07) is 14.0. The molecule has 6 nitrogen and oxygen atoms in total. The standard InChI is InChI=1S/C23H22ClN3O3/c24-18-9-7-16(8-10-18)22(29)17-4-3-12-26(14-17)21(28)11-13-27-15-25-20-6-2-1-5-19(20)23(27)30/h1-2,5-10,15,17H,3-4,11-14H2/t17-/m1/s1. The van der Waals surface area contributed by atoms with Gasteiger partial charge in [-0.3, -0.25) is 19.0 Å². The summed E-state index contributed by atoms with van der Waals surface area (Å²) in [7, 11) is 0. The third-order valence-corrected chi connectivity index (χ3v) is 5.82. The van der Waals surface area contributed by atoms with Crippen molar-refractivity contribution in [2.24, 2.45) is 5.92 Å². The molecule has 4 rings (SSSR count). The van der Waals surface area contributed by atoms with Gasteiger partial charge in [-0.25, -0.2) is 4.98 Å². The summed E-state index contributed by atoms with van der Waals surface area (Å²) < 4.78 is 1.47. The van der Waals surface area contributed by atoms with E-state index in [-0.39, 0.29) is 36.1 Å². The molecule has 0 radical (unpaired) electrons. The molecule has 1 atom stereocenters. The van der Waals surface area contributed by atoms with Crippen molar-refractivity contribution in [1.82, 2.24) is 14.5 Å². The predicted octanol–water partition coefficient (Wildman–Crippen LogP) is 3.56. The van der Waals surface area contributed by atoms with E-state index < -0.39 is 0 Å². The van der Waals surface area contributed by atoms with E-state index in [1.165, 1.54) is 10.9 Å². The molecular formula is C23H22ClN3O3. The molecule has 0 aliphatic carbocycles.